The number of piperidine rings is 1. The molecule has 0 bridgehead atoms. The van der Waals surface area contributed by atoms with Crippen molar-refractivity contribution in [2.24, 2.45) is 5.92 Å². The van der Waals surface area contributed by atoms with Crippen LogP contribution in [0.3, 0.4) is 0 Å². The maximum atomic E-state index is 13.1. The third kappa shape index (κ3) is 5.73. The van der Waals surface area contributed by atoms with Gasteiger partial charge in [0.1, 0.15) is 11.5 Å². The Labute approximate surface area is 206 Å². The summed E-state index contributed by atoms with van der Waals surface area (Å²) in [5.74, 6) is 2.07. The SMILES string of the molecule is O=C(C1CCN(Cc2ccncc2)CC1)N1CCN(Cc2ccc(-c3ccccc3NO)o2)CC1. The number of piperazine rings is 1. The zero-order valence-electron chi connectivity index (χ0n) is 20.0. The molecule has 1 amide bonds. The van der Waals surface area contributed by atoms with Crippen LogP contribution in [0, 0.1) is 5.92 Å². The highest BCUT2D eigenvalue weighted by Crippen LogP contribution is 2.29. The predicted octanol–water partition coefficient (Wildman–Crippen LogP) is 3.70. The van der Waals surface area contributed by atoms with E-state index in [4.69, 9.17) is 4.42 Å². The van der Waals surface area contributed by atoms with E-state index in [1.807, 2.05) is 42.7 Å². The van der Waals surface area contributed by atoms with Gasteiger partial charge in [0.15, 0.2) is 0 Å². The Morgan fingerprint density at radius 2 is 1.63 bits per heavy atom. The van der Waals surface area contributed by atoms with Crippen molar-refractivity contribution in [2.75, 3.05) is 44.7 Å². The van der Waals surface area contributed by atoms with Crippen molar-refractivity contribution in [1.82, 2.24) is 19.7 Å². The minimum absolute atomic E-state index is 0.142. The summed E-state index contributed by atoms with van der Waals surface area (Å²) in [6.45, 7) is 6.79. The lowest BCUT2D eigenvalue weighted by molar-refractivity contribution is -0.139. The van der Waals surface area contributed by atoms with Gasteiger partial charge in [-0.15, -0.1) is 0 Å². The molecule has 184 valence electrons. The van der Waals surface area contributed by atoms with Gasteiger partial charge in [-0.25, -0.2) is 0 Å². The molecule has 5 rings (SSSR count). The van der Waals surface area contributed by atoms with Crippen LogP contribution in [-0.2, 0) is 17.9 Å². The molecule has 0 aliphatic carbocycles. The molecule has 2 aliphatic rings. The first-order valence-corrected chi connectivity index (χ1v) is 12.4. The van der Waals surface area contributed by atoms with E-state index in [1.54, 1.807) is 6.07 Å². The molecule has 35 heavy (non-hydrogen) atoms. The highest BCUT2D eigenvalue weighted by Gasteiger charge is 2.30. The summed E-state index contributed by atoms with van der Waals surface area (Å²) >= 11 is 0. The molecule has 0 spiro atoms. The van der Waals surface area contributed by atoms with E-state index in [9.17, 15) is 10.0 Å². The third-order valence-electron chi connectivity index (χ3n) is 7.13. The lowest BCUT2D eigenvalue weighted by atomic mass is 9.94. The molecule has 2 saturated heterocycles. The molecular formula is C27H33N5O3. The lowest BCUT2D eigenvalue weighted by Gasteiger charge is -2.38. The Hall–Kier alpha value is -3.20. The molecule has 8 heteroatoms. The van der Waals surface area contributed by atoms with Crippen LogP contribution in [-0.4, -0.2) is 70.1 Å². The van der Waals surface area contributed by atoms with E-state index in [1.165, 1.54) is 5.56 Å². The van der Waals surface area contributed by atoms with Gasteiger partial charge in [0, 0.05) is 56.6 Å². The van der Waals surface area contributed by atoms with E-state index in [-0.39, 0.29) is 5.92 Å². The number of hydrogen-bond donors (Lipinski definition) is 2. The van der Waals surface area contributed by atoms with Crippen LogP contribution in [0.1, 0.15) is 24.2 Å². The Bertz CT molecular complexity index is 1100. The molecule has 2 aliphatic heterocycles. The van der Waals surface area contributed by atoms with Crippen molar-refractivity contribution in [3.63, 3.8) is 0 Å². The number of furan rings is 1. The second-order valence-electron chi connectivity index (χ2n) is 9.43. The van der Waals surface area contributed by atoms with E-state index in [2.05, 4.69) is 37.3 Å². The second-order valence-corrected chi connectivity index (χ2v) is 9.43. The number of likely N-dealkylation sites (tertiary alicyclic amines) is 1. The van der Waals surface area contributed by atoms with Crippen molar-refractivity contribution in [3.8, 4) is 11.3 Å². The summed E-state index contributed by atoms with van der Waals surface area (Å²) in [5.41, 5.74) is 4.94. The number of para-hydroxylation sites is 1. The molecule has 0 radical (unpaired) electrons. The van der Waals surface area contributed by atoms with Gasteiger partial charge in [-0.3, -0.25) is 30.3 Å². The number of carbonyl (C=O) groups excluding carboxylic acids is 1. The lowest BCUT2D eigenvalue weighted by Crippen LogP contribution is -2.51. The highest BCUT2D eigenvalue weighted by atomic mass is 16.5. The molecule has 2 aromatic heterocycles. The van der Waals surface area contributed by atoms with Gasteiger partial charge in [-0.1, -0.05) is 12.1 Å². The first kappa shape index (κ1) is 23.5. The van der Waals surface area contributed by atoms with Crippen LogP contribution in [0.5, 0.6) is 0 Å². The average Bonchev–Trinajstić information content (AvgIpc) is 3.38. The van der Waals surface area contributed by atoms with E-state index in [0.29, 0.717) is 18.1 Å². The molecule has 0 unspecified atom stereocenters. The number of pyridine rings is 1. The zero-order valence-corrected chi connectivity index (χ0v) is 20.0. The Balaban J connectivity index is 1.08. The van der Waals surface area contributed by atoms with Gasteiger partial charge in [-0.05, 0) is 67.9 Å². The summed E-state index contributed by atoms with van der Waals surface area (Å²) in [6, 6.07) is 15.5. The fourth-order valence-corrected chi connectivity index (χ4v) is 5.09. The summed E-state index contributed by atoms with van der Waals surface area (Å²) in [6.07, 6.45) is 5.54. The molecule has 3 aromatic rings. The Morgan fingerprint density at radius 1 is 0.914 bits per heavy atom. The first-order valence-electron chi connectivity index (χ1n) is 12.4. The standard InChI is InChI=1S/C27H33N5O3/c33-27(22-9-13-30(14-10-22)19-21-7-11-28-12-8-21)32-17-15-31(16-18-32)20-23-5-6-26(35-23)24-3-1-2-4-25(24)29-34/h1-8,11-12,22,29,34H,9-10,13-20H2. The quantitative estimate of drug-likeness (QED) is 0.504. The van der Waals surface area contributed by atoms with E-state index >= 15 is 0 Å². The topological polar surface area (TPSA) is 85.1 Å². The zero-order chi connectivity index (χ0) is 24.0. The van der Waals surface area contributed by atoms with E-state index in [0.717, 1.165) is 75.7 Å². The van der Waals surface area contributed by atoms with Crippen LogP contribution in [0.25, 0.3) is 11.3 Å². The summed E-state index contributed by atoms with van der Waals surface area (Å²) in [4.78, 5) is 24.0. The van der Waals surface area contributed by atoms with Gasteiger partial charge >= 0.3 is 0 Å². The number of aromatic nitrogens is 1. The summed E-state index contributed by atoms with van der Waals surface area (Å²) < 4.78 is 6.06. The number of rotatable bonds is 7. The van der Waals surface area contributed by atoms with Crippen LogP contribution < -0.4 is 5.48 Å². The smallest absolute Gasteiger partial charge is 0.225 e. The number of hydrogen-bond acceptors (Lipinski definition) is 7. The van der Waals surface area contributed by atoms with Crippen molar-refractivity contribution >= 4 is 11.6 Å². The molecule has 0 saturated carbocycles. The van der Waals surface area contributed by atoms with Gasteiger partial charge in [0.25, 0.3) is 0 Å². The summed E-state index contributed by atoms with van der Waals surface area (Å²) in [5, 5.41) is 9.35. The molecule has 2 fully saturated rings. The average molecular weight is 476 g/mol. The predicted molar refractivity (Wildman–Crippen MR) is 134 cm³/mol. The van der Waals surface area contributed by atoms with Crippen LogP contribution in [0.15, 0.2) is 65.3 Å². The van der Waals surface area contributed by atoms with Crippen molar-refractivity contribution in [3.05, 3.63) is 72.2 Å². The van der Waals surface area contributed by atoms with Crippen LogP contribution in [0.4, 0.5) is 5.69 Å². The monoisotopic (exact) mass is 475 g/mol. The fraction of sp³-hybridized carbons (Fsp3) is 0.407. The highest BCUT2D eigenvalue weighted by molar-refractivity contribution is 5.79. The second kappa shape index (κ2) is 11.0. The maximum absolute atomic E-state index is 13.1. The maximum Gasteiger partial charge on any atom is 0.225 e. The van der Waals surface area contributed by atoms with Crippen LogP contribution in [0.2, 0.25) is 0 Å². The first-order chi connectivity index (χ1) is 17.2. The van der Waals surface area contributed by atoms with Gasteiger partial charge in [0.05, 0.1) is 12.2 Å². The molecule has 8 nitrogen and oxygen atoms in total. The Kier molecular flexibility index (Phi) is 7.42. The number of nitrogens with one attached hydrogen (secondary N) is 1. The number of amides is 1. The molecule has 0 atom stereocenters. The molecule has 4 heterocycles. The van der Waals surface area contributed by atoms with Crippen LogP contribution >= 0.6 is 0 Å². The van der Waals surface area contributed by atoms with Crippen molar-refractivity contribution in [1.29, 1.82) is 0 Å². The molecular weight excluding hydrogens is 442 g/mol. The minimum Gasteiger partial charge on any atom is -0.460 e. The summed E-state index contributed by atoms with van der Waals surface area (Å²) in [7, 11) is 0. The van der Waals surface area contributed by atoms with Gasteiger partial charge < -0.3 is 9.32 Å². The third-order valence-corrected chi connectivity index (χ3v) is 7.13. The van der Waals surface area contributed by atoms with Crippen molar-refractivity contribution < 1.29 is 14.4 Å². The largest absolute Gasteiger partial charge is 0.460 e. The van der Waals surface area contributed by atoms with Crippen molar-refractivity contribution in [2.45, 2.75) is 25.9 Å². The minimum atomic E-state index is 0.142. The fourth-order valence-electron chi connectivity index (χ4n) is 5.09. The normalized spacial score (nSPS) is 18.0. The number of benzene rings is 1. The number of carbonyl (C=O) groups is 1. The van der Waals surface area contributed by atoms with Gasteiger partial charge in [0.2, 0.25) is 5.91 Å². The molecule has 1 aromatic carbocycles. The number of nitrogens with zero attached hydrogens (tertiary/aromatic N) is 4. The number of anilines is 1. The van der Waals surface area contributed by atoms with Gasteiger partial charge in [-0.2, -0.15) is 0 Å². The van der Waals surface area contributed by atoms with E-state index < -0.39 is 0 Å². The Morgan fingerprint density at radius 3 is 2.37 bits per heavy atom. The molecule has 2 N–H and O–H groups in total.